The summed E-state index contributed by atoms with van der Waals surface area (Å²) in [5, 5.41) is 2.88. The zero-order valence-electron chi connectivity index (χ0n) is 20.4. The van der Waals surface area contributed by atoms with Crippen molar-refractivity contribution in [2.45, 2.75) is 13.0 Å². The largest absolute Gasteiger partial charge is 0.497 e. The van der Waals surface area contributed by atoms with Gasteiger partial charge in [0.15, 0.2) is 0 Å². The Balaban J connectivity index is 1.27. The smallest absolute Gasteiger partial charge is 0.255 e. The molecular formula is C29H25FN2O5. The Morgan fingerprint density at radius 2 is 1.57 bits per heavy atom. The fraction of sp³-hybridized carbons (Fsp3) is 0.172. The van der Waals surface area contributed by atoms with E-state index in [4.69, 9.17) is 13.9 Å². The fourth-order valence-electron chi connectivity index (χ4n) is 4.28. The van der Waals surface area contributed by atoms with Crippen LogP contribution in [0.3, 0.4) is 0 Å². The predicted octanol–water partition coefficient (Wildman–Crippen LogP) is 5.55. The molecule has 0 unspecified atom stereocenters. The van der Waals surface area contributed by atoms with Gasteiger partial charge in [-0.2, -0.15) is 0 Å². The molecule has 2 heterocycles. The van der Waals surface area contributed by atoms with Gasteiger partial charge >= 0.3 is 0 Å². The second-order valence-corrected chi connectivity index (χ2v) is 8.68. The lowest BCUT2D eigenvalue weighted by Gasteiger charge is -2.26. The molecule has 8 heteroatoms. The van der Waals surface area contributed by atoms with Crippen LogP contribution in [0.1, 0.15) is 32.0 Å². The third-order valence-electron chi connectivity index (χ3n) is 6.29. The van der Waals surface area contributed by atoms with Crippen molar-refractivity contribution in [1.29, 1.82) is 0 Å². The number of nitrogens with one attached hydrogen (secondary N) is 1. The van der Waals surface area contributed by atoms with Gasteiger partial charge in [0.1, 0.15) is 28.8 Å². The summed E-state index contributed by atoms with van der Waals surface area (Å²) in [4.78, 5) is 27.3. The lowest BCUT2D eigenvalue weighted by Crippen LogP contribution is -2.35. The second kappa shape index (κ2) is 10.2. The number of furan rings is 1. The van der Waals surface area contributed by atoms with Crippen LogP contribution in [0.25, 0.3) is 11.3 Å². The van der Waals surface area contributed by atoms with E-state index in [9.17, 15) is 14.0 Å². The Morgan fingerprint density at radius 1 is 0.892 bits per heavy atom. The first-order valence-corrected chi connectivity index (χ1v) is 11.7. The van der Waals surface area contributed by atoms with E-state index >= 15 is 0 Å². The first-order chi connectivity index (χ1) is 17.9. The van der Waals surface area contributed by atoms with Crippen molar-refractivity contribution in [2.24, 2.45) is 0 Å². The number of carbonyl (C=O) groups excluding carboxylic acids is 2. The van der Waals surface area contributed by atoms with Crippen LogP contribution in [0.5, 0.6) is 11.5 Å². The third-order valence-corrected chi connectivity index (χ3v) is 6.29. The van der Waals surface area contributed by atoms with Gasteiger partial charge in [0.2, 0.25) is 0 Å². The zero-order valence-corrected chi connectivity index (χ0v) is 20.4. The van der Waals surface area contributed by atoms with Gasteiger partial charge in [-0.25, -0.2) is 4.39 Å². The molecular weight excluding hydrogens is 475 g/mol. The number of hydrogen-bond donors (Lipinski definition) is 1. The lowest BCUT2D eigenvalue weighted by atomic mass is 10.1. The van der Waals surface area contributed by atoms with Crippen molar-refractivity contribution in [1.82, 2.24) is 4.90 Å². The van der Waals surface area contributed by atoms with E-state index in [-0.39, 0.29) is 17.6 Å². The van der Waals surface area contributed by atoms with Crippen molar-refractivity contribution >= 4 is 17.5 Å². The van der Waals surface area contributed by atoms with E-state index in [1.807, 2.05) is 18.2 Å². The predicted molar refractivity (Wildman–Crippen MR) is 136 cm³/mol. The van der Waals surface area contributed by atoms with Crippen molar-refractivity contribution in [2.75, 3.05) is 26.1 Å². The van der Waals surface area contributed by atoms with E-state index in [1.165, 1.54) is 38.5 Å². The van der Waals surface area contributed by atoms with Crippen LogP contribution in [0.4, 0.5) is 10.1 Å². The van der Waals surface area contributed by atoms with Crippen molar-refractivity contribution in [3.8, 4) is 22.8 Å². The molecule has 3 aromatic carbocycles. The molecule has 0 atom stereocenters. The average Bonchev–Trinajstić information content (AvgIpc) is 3.36. The van der Waals surface area contributed by atoms with E-state index in [2.05, 4.69) is 5.32 Å². The molecule has 7 nitrogen and oxygen atoms in total. The molecule has 0 fully saturated rings. The standard InChI is InChI=1S/C29H25FN2O5/c1-35-24-13-20(14-25(16-24)36-2)28(33)31-23-9-5-18(6-10-23)27-15-21-17-32(12-11-26(21)37-27)29(34)19-3-7-22(30)8-4-19/h3-10,13-16H,11-12,17H2,1-2H3,(H,31,33). The van der Waals surface area contributed by atoms with Crippen LogP contribution < -0.4 is 14.8 Å². The van der Waals surface area contributed by atoms with E-state index in [1.54, 1.807) is 35.2 Å². The van der Waals surface area contributed by atoms with Gasteiger partial charge in [-0.05, 0) is 66.7 Å². The van der Waals surface area contributed by atoms with Gasteiger partial charge in [-0.3, -0.25) is 9.59 Å². The quantitative estimate of drug-likeness (QED) is 0.375. The van der Waals surface area contributed by atoms with Crippen molar-refractivity contribution in [3.63, 3.8) is 0 Å². The van der Waals surface area contributed by atoms with Crippen LogP contribution in [-0.4, -0.2) is 37.5 Å². The van der Waals surface area contributed by atoms with Crippen LogP contribution in [-0.2, 0) is 13.0 Å². The molecule has 188 valence electrons. The minimum Gasteiger partial charge on any atom is -0.497 e. The summed E-state index contributed by atoms with van der Waals surface area (Å²) in [7, 11) is 3.06. The molecule has 2 amide bonds. The van der Waals surface area contributed by atoms with Gasteiger partial charge < -0.3 is 24.1 Å². The SMILES string of the molecule is COc1cc(OC)cc(C(=O)Nc2ccc(-c3cc4c(o3)CCN(C(=O)c3ccc(F)cc3)C4)cc2)c1. The summed E-state index contributed by atoms with van der Waals surface area (Å²) in [6, 6.07) is 19.8. The number of carbonyl (C=O) groups is 2. The normalized spacial score (nSPS) is 12.6. The first-order valence-electron chi connectivity index (χ1n) is 11.7. The van der Waals surface area contributed by atoms with Crippen molar-refractivity contribution in [3.05, 3.63) is 101 Å². The second-order valence-electron chi connectivity index (χ2n) is 8.68. The molecule has 0 spiro atoms. The van der Waals surface area contributed by atoms with E-state index in [0.29, 0.717) is 53.6 Å². The summed E-state index contributed by atoms with van der Waals surface area (Å²) in [6.45, 7) is 0.948. The lowest BCUT2D eigenvalue weighted by molar-refractivity contribution is 0.0729. The molecule has 0 aliphatic carbocycles. The molecule has 5 rings (SSSR count). The number of amides is 2. The van der Waals surface area contributed by atoms with Crippen LogP contribution >= 0.6 is 0 Å². The highest BCUT2D eigenvalue weighted by Crippen LogP contribution is 2.31. The summed E-state index contributed by atoms with van der Waals surface area (Å²) in [5.74, 6) is 1.80. The molecule has 0 bridgehead atoms. The molecule has 1 aromatic heterocycles. The molecule has 0 saturated heterocycles. The summed E-state index contributed by atoms with van der Waals surface area (Å²) in [5.41, 5.74) is 3.30. The Labute approximate surface area is 213 Å². The highest BCUT2D eigenvalue weighted by Gasteiger charge is 2.25. The molecule has 0 saturated carbocycles. The minimum atomic E-state index is -0.372. The van der Waals surface area contributed by atoms with Gasteiger partial charge in [-0.1, -0.05) is 0 Å². The number of rotatable bonds is 6. The number of hydrogen-bond acceptors (Lipinski definition) is 5. The monoisotopic (exact) mass is 500 g/mol. The number of benzene rings is 3. The number of anilines is 1. The van der Waals surface area contributed by atoms with Gasteiger partial charge in [0.05, 0.1) is 14.2 Å². The van der Waals surface area contributed by atoms with Crippen LogP contribution in [0, 0.1) is 5.82 Å². The minimum absolute atomic E-state index is 0.137. The van der Waals surface area contributed by atoms with Gasteiger partial charge in [0.25, 0.3) is 11.8 Å². The molecule has 0 radical (unpaired) electrons. The third kappa shape index (κ3) is 5.18. The number of ether oxygens (including phenoxy) is 2. The molecule has 1 aliphatic heterocycles. The maximum Gasteiger partial charge on any atom is 0.255 e. The van der Waals surface area contributed by atoms with Crippen molar-refractivity contribution < 1.29 is 27.9 Å². The topological polar surface area (TPSA) is 81.0 Å². The Morgan fingerprint density at radius 3 is 2.22 bits per heavy atom. The number of nitrogens with zero attached hydrogens (tertiary/aromatic N) is 1. The van der Waals surface area contributed by atoms with Crippen LogP contribution in [0.2, 0.25) is 0 Å². The first kappa shape index (κ1) is 24.1. The summed E-state index contributed by atoms with van der Waals surface area (Å²) >= 11 is 0. The Bertz CT molecular complexity index is 1420. The zero-order chi connectivity index (χ0) is 25.9. The molecule has 37 heavy (non-hydrogen) atoms. The van der Waals surface area contributed by atoms with E-state index < -0.39 is 0 Å². The highest BCUT2D eigenvalue weighted by molar-refractivity contribution is 6.04. The maximum atomic E-state index is 13.2. The summed E-state index contributed by atoms with van der Waals surface area (Å²) in [6.07, 6.45) is 0.598. The molecule has 1 N–H and O–H groups in total. The summed E-state index contributed by atoms with van der Waals surface area (Å²) < 4.78 is 29.8. The maximum absolute atomic E-state index is 13.2. The highest BCUT2D eigenvalue weighted by atomic mass is 19.1. The Kier molecular flexibility index (Phi) is 6.64. The molecule has 1 aliphatic rings. The Hall–Kier alpha value is -4.59. The fourth-order valence-corrected chi connectivity index (χ4v) is 4.28. The number of halogens is 1. The van der Waals surface area contributed by atoms with Gasteiger partial charge in [-0.15, -0.1) is 0 Å². The number of fused-ring (bicyclic) bond motifs is 1. The average molecular weight is 501 g/mol. The number of methoxy groups -OCH3 is 2. The molecule has 4 aromatic rings. The van der Waals surface area contributed by atoms with Crippen LogP contribution in [0.15, 0.2) is 77.2 Å². The van der Waals surface area contributed by atoms with Gasteiger partial charge in [0, 0.05) is 53.5 Å². The van der Waals surface area contributed by atoms with E-state index in [0.717, 1.165) is 16.9 Å².